The molecule has 0 bridgehead atoms. The largest absolute Gasteiger partial charge is 0.492 e. The van der Waals surface area contributed by atoms with Gasteiger partial charge in [-0.1, -0.05) is 6.92 Å². The Bertz CT molecular complexity index is 383. The van der Waals surface area contributed by atoms with E-state index in [4.69, 9.17) is 4.74 Å². The van der Waals surface area contributed by atoms with Gasteiger partial charge in [0.15, 0.2) is 0 Å². The lowest BCUT2D eigenvalue weighted by Crippen LogP contribution is -2.46. The summed E-state index contributed by atoms with van der Waals surface area (Å²) in [6.45, 7) is 6.27. The summed E-state index contributed by atoms with van der Waals surface area (Å²) in [5.74, 6) is 0.902. The van der Waals surface area contributed by atoms with E-state index in [1.165, 1.54) is 0 Å². The molecule has 1 saturated heterocycles. The lowest BCUT2D eigenvalue weighted by Gasteiger charge is -2.38. The fourth-order valence-corrected chi connectivity index (χ4v) is 2.34. The number of rotatable bonds is 3. The van der Waals surface area contributed by atoms with E-state index in [-0.39, 0.29) is 5.92 Å². The normalized spacial score (nSPS) is 29.0. The van der Waals surface area contributed by atoms with Gasteiger partial charge in [0.2, 0.25) is 0 Å². The lowest BCUT2D eigenvalue weighted by atomic mass is 9.78. The molecule has 1 aliphatic heterocycles. The van der Waals surface area contributed by atoms with Gasteiger partial charge in [-0.25, -0.2) is 0 Å². The molecule has 1 aromatic heterocycles. The average molecular weight is 236 g/mol. The van der Waals surface area contributed by atoms with Gasteiger partial charge in [-0.2, -0.15) is 0 Å². The molecule has 4 heteroatoms. The zero-order chi connectivity index (χ0) is 12.3. The van der Waals surface area contributed by atoms with Crippen molar-refractivity contribution in [1.82, 2.24) is 10.3 Å². The molecule has 0 aromatic carbocycles. The molecule has 4 nitrogen and oxygen atoms in total. The van der Waals surface area contributed by atoms with E-state index in [0.29, 0.717) is 13.0 Å². The fraction of sp³-hybridized carbons (Fsp3) is 0.615. The van der Waals surface area contributed by atoms with Crippen LogP contribution in [0.4, 0.5) is 0 Å². The van der Waals surface area contributed by atoms with Crippen LogP contribution < -0.4 is 10.1 Å². The molecule has 2 N–H and O–H groups in total. The summed E-state index contributed by atoms with van der Waals surface area (Å²) >= 11 is 0. The summed E-state index contributed by atoms with van der Waals surface area (Å²) in [4.78, 5) is 4.15. The van der Waals surface area contributed by atoms with Crippen LogP contribution in [0.15, 0.2) is 18.5 Å². The third-order valence-corrected chi connectivity index (χ3v) is 3.47. The minimum absolute atomic E-state index is 0.176. The Hall–Kier alpha value is -1.13. The van der Waals surface area contributed by atoms with Gasteiger partial charge in [0, 0.05) is 24.2 Å². The van der Waals surface area contributed by atoms with Crippen molar-refractivity contribution < 1.29 is 9.84 Å². The third kappa shape index (κ3) is 2.42. The highest BCUT2D eigenvalue weighted by Crippen LogP contribution is 2.35. The summed E-state index contributed by atoms with van der Waals surface area (Å²) in [6.07, 6.45) is 4.14. The second-order valence-corrected chi connectivity index (χ2v) is 4.62. The molecule has 1 aliphatic rings. The second kappa shape index (κ2) is 5.02. The molecule has 2 rings (SSSR count). The van der Waals surface area contributed by atoms with Gasteiger partial charge in [-0.3, -0.25) is 4.98 Å². The minimum atomic E-state index is -0.786. The number of hydrogen-bond acceptors (Lipinski definition) is 4. The highest BCUT2D eigenvalue weighted by atomic mass is 16.5. The maximum atomic E-state index is 10.8. The van der Waals surface area contributed by atoms with Crippen molar-refractivity contribution in [2.45, 2.75) is 25.9 Å². The standard InChI is InChI=1S/C13H20N2O2/c1-3-17-12-6-11(8-15-9-12)13(16)4-5-14-7-10(13)2/h6,8-10,14,16H,3-5,7H2,1-2H3. The Labute approximate surface area is 102 Å². The number of aromatic nitrogens is 1. The van der Waals surface area contributed by atoms with E-state index in [0.717, 1.165) is 24.4 Å². The number of piperidine rings is 1. The van der Waals surface area contributed by atoms with Gasteiger partial charge in [-0.05, 0) is 26.0 Å². The molecule has 2 unspecified atom stereocenters. The second-order valence-electron chi connectivity index (χ2n) is 4.62. The first-order valence-corrected chi connectivity index (χ1v) is 6.18. The van der Waals surface area contributed by atoms with Crippen molar-refractivity contribution >= 4 is 0 Å². The van der Waals surface area contributed by atoms with Crippen molar-refractivity contribution in [3.8, 4) is 5.75 Å². The predicted molar refractivity (Wildman–Crippen MR) is 66.0 cm³/mol. The lowest BCUT2D eigenvalue weighted by molar-refractivity contribution is -0.0396. The average Bonchev–Trinajstić information content (AvgIpc) is 2.34. The van der Waals surface area contributed by atoms with E-state index in [1.807, 2.05) is 13.0 Å². The highest BCUT2D eigenvalue weighted by molar-refractivity contribution is 5.29. The third-order valence-electron chi connectivity index (χ3n) is 3.47. The number of nitrogens with zero attached hydrogens (tertiary/aromatic N) is 1. The van der Waals surface area contributed by atoms with E-state index in [9.17, 15) is 5.11 Å². The Kier molecular flexibility index (Phi) is 3.64. The number of ether oxygens (including phenoxy) is 1. The molecular formula is C13H20N2O2. The van der Waals surface area contributed by atoms with Crippen LogP contribution in [0.1, 0.15) is 25.8 Å². The Balaban J connectivity index is 2.28. The van der Waals surface area contributed by atoms with Gasteiger partial charge < -0.3 is 15.2 Å². The minimum Gasteiger partial charge on any atom is -0.492 e. The Morgan fingerprint density at radius 3 is 3.12 bits per heavy atom. The summed E-state index contributed by atoms with van der Waals surface area (Å²) in [7, 11) is 0. The van der Waals surface area contributed by atoms with Crippen molar-refractivity contribution in [1.29, 1.82) is 0 Å². The molecular weight excluding hydrogens is 216 g/mol. The van der Waals surface area contributed by atoms with E-state index in [1.54, 1.807) is 12.4 Å². The van der Waals surface area contributed by atoms with E-state index < -0.39 is 5.60 Å². The topological polar surface area (TPSA) is 54.4 Å². The van der Waals surface area contributed by atoms with Crippen molar-refractivity contribution in [2.75, 3.05) is 19.7 Å². The van der Waals surface area contributed by atoms with Gasteiger partial charge in [0.25, 0.3) is 0 Å². The van der Waals surface area contributed by atoms with Crippen molar-refractivity contribution in [3.63, 3.8) is 0 Å². The first-order valence-electron chi connectivity index (χ1n) is 6.18. The molecule has 0 aliphatic carbocycles. The monoisotopic (exact) mass is 236 g/mol. The Morgan fingerprint density at radius 1 is 1.59 bits per heavy atom. The predicted octanol–water partition coefficient (Wildman–Crippen LogP) is 1.30. The van der Waals surface area contributed by atoms with Crippen LogP contribution in [-0.4, -0.2) is 29.8 Å². The number of hydrogen-bond donors (Lipinski definition) is 2. The molecule has 17 heavy (non-hydrogen) atoms. The highest BCUT2D eigenvalue weighted by Gasteiger charge is 2.38. The van der Waals surface area contributed by atoms with Crippen LogP contribution in [0.25, 0.3) is 0 Å². The molecule has 2 atom stereocenters. The molecule has 0 spiro atoms. The van der Waals surface area contributed by atoms with Crippen LogP contribution >= 0.6 is 0 Å². The van der Waals surface area contributed by atoms with Gasteiger partial charge >= 0.3 is 0 Å². The van der Waals surface area contributed by atoms with Crippen LogP contribution in [0.2, 0.25) is 0 Å². The molecule has 94 valence electrons. The SMILES string of the molecule is CCOc1cncc(C2(O)CCNCC2C)c1. The van der Waals surface area contributed by atoms with E-state index >= 15 is 0 Å². The van der Waals surface area contributed by atoms with Gasteiger partial charge in [0.1, 0.15) is 5.75 Å². The van der Waals surface area contributed by atoms with Crippen LogP contribution in [0.3, 0.4) is 0 Å². The summed E-state index contributed by atoms with van der Waals surface area (Å²) < 4.78 is 5.43. The number of pyridine rings is 1. The zero-order valence-electron chi connectivity index (χ0n) is 10.4. The number of aliphatic hydroxyl groups is 1. The van der Waals surface area contributed by atoms with Crippen molar-refractivity contribution in [3.05, 3.63) is 24.0 Å². The quantitative estimate of drug-likeness (QED) is 0.830. The molecule has 1 fully saturated rings. The Morgan fingerprint density at radius 2 is 2.41 bits per heavy atom. The van der Waals surface area contributed by atoms with Gasteiger partial charge in [0.05, 0.1) is 18.4 Å². The number of nitrogens with one attached hydrogen (secondary N) is 1. The van der Waals surface area contributed by atoms with E-state index in [2.05, 4.69) is 17.2 Å². The first kappa shape index (κ1) is 12.3. The van der Waals surface area contributed by atoms with Crippen LogP contribution in [0, 0.1) is 5.92 Å². The van der Waals surface area contributed by atoms with Crippen LogP contribution in [-0.2, 0) is 5.60 Å². The van der Waals surface area contributed by atoms with Gasteiger partial charge in [-0.15, -0.1) is 0 Å². The van der Waals surface area contributed by atoms with Crippen molar-refractivity contribution in [2.24, 2.45) is 5.92 Å². The molecule has 0 radical (unpaired) electrons. The maximum absolute atomic E-state index is 10.8. The molecule has 0 saturated carbocycles. The van der Waals surface area contributed by atoms with Crippen LogP contribution in [0.5, 0.6) is 5.75 Å². The smallest absolute Gasteiger partial charge is 0.137 e. The summed E-state index contributed by atoms with van der Waals surface area (Å²) in [5.41, 5.74) is 0.0724. The molecule has 2 heterocycles. The first-order chi connectivity index (χ1) is 8.16. The fourth-order valence-electron chi connectivity index (χ4n) is 2.34. The molecule has 0 amide bonds. The zero-order valence-corrected chi connectivity index (χ0v) is 10.4. The summed E-state index contributed by atoms with van der Waals surface area (Å²) in [6, 6.07) is 1.90. The molecule has 1 aromatic rings. The maximum Gasteiger partial charge on any atom is 0.137 e. The summed E-state index contributed by atoms with van der Waals surface area (Å²) in [5, 5.41) is 14.1.